The highest BCUT2D eigenvalue weighted by atomic mass is 32.2. The van der Waals surface area contributed by atoms with Crippen molar-refractivity contribution >= 4 is 22.7 Å². The van der Waals surface area contributed by atoms with Gasteiger partial charge >= 0.3 is 5.69 Å². The van der Waals surface area contributed by atoms with Gasteiger partial charge in [0.1, 0.15) is 0 Å². The molecular formula is C25H20N4O3S. The number of hydrogen-bond donors (Lipinski definition) is 1. The minimum Gasteiger partial charge on any atom is -0.334 e. The molecular weight excluding hydrogens is 436 g/mol. The summed E-state index contributed by atoms with van der Waals surface area (Å²) in [6, 6.07) is 20.7. The molecule has 33 heavy (non-hydrogen) atoms. The van der Waals surface area contributed by atoms with Crippen molar-refractivity contribution in [3.05, 3.63) is 98.7 Å². The van der Waals surface area contributed by atoms with E-state index in [4.69, 9.17) is 4.52 Å². The molecule has 0 saturated carbocycles. The van der Waals surface area contributed by atoms with Crippen LogP contribution in [0.1, 0.15) is 11.1 Å². The van der Waals surface area contributed by atoms with E-state index in [0.717, 1.165) is 21.6 Å². The molecule has 0 aliphatic carbocycles. The lowest BCUT2D eigenvalue weighted by Gasteiger charge is -2.07. The summed E-state index contributed by atoms with van der Waals surface area (Å²) < 4.78 is 6.65. The molecule has 164 valence electrons. The molecule has 3 aromatic carbocycles. The number of aryl methyl sites for hydroxylation is 1. The smallest absolute Gasteiger partial charge is 0.329 e. The third-order valence-electron chi connectivity index (χ3n) is 5.46. The quantitative estimate of drug-likeness (QED) is 0.392. The monoisotopic (exact) mass is 456 g/mol. The topological polar surface area (TPSA) is 93.8 Å². The number of hydrogen-bond acceptors (Lipinski definition) is 6. The number of nitrogens with one attached hydrogen (secondary N) is 1. The van der Waals surface area contributed by atoms with Gasteiger partial charge < -0.3 is 9.51 Å². The fraction of sp³-hybridized carbons (Fsp3) is 0.120. The maximum absolute atomic E-state index is 13.0. The molecule has 0 aliphatic heterocycles. The minimum atomic E-state index is -0.467. The van der Waals surface area contributed by atoms with Crippen molar-refractivity contribution < 1.29 is 4.52 Å². The Morgan fingerprint density at radius 3 is 2.42 bits per heavy atom. The number of benzene rings is 3. The number of H-pyrrole nitrogens is 1. The molecule has 8 heteroatoms. The summed E-state index contributed by atoms with van der Waals surface area (Å²) in [5, 5.41) is 4.48. The van der Waals surface area contributed by atoms with E-state index in [9.17, 15) is 9.59 Å². The van der Waals surface area contributed by atoms with E-state index in [-0.39, 0.29) is 12.1 Å². The Bertz CT molecular complexity index is 1570. The molecule has 0 aliphatic rings. The summed E-state index contributed by atoms with van der Waals surface area (Å²) in [6.07, 6.45) is 2.02. The number of aromatic amines is 1. The molecule has 0 unspecified atom stereocenters. The zero-order chi connectivity index (χ0) is 22.9. The van der Waals surface area contributed by atoms with Crippen molar-refractivity contribution in [2.75, 3.05) is 6.26 Å². The molecule has 7 nitrogen and oxygen atoms in total. The Morgan fingerprint density at radius 2 is 1.70 bits per heavy atom. The third-order valence-corrected chi connectivity index (χ3v) is 6.21. The molecule has 0 amide bonds. The van der Waals surface area contributed by atoms with Gasteiger partial charge in [-0.3, -0.25) is 9.36 Å². The minimum absolute atomic E-state index is 0.203. The standard InChI is InChI=1S/C25H20N4O3S/c1-15-3-5-16(6-4-15)14-29-24(30)20-12-9-18(13-21(20)26-25(29)31)23-27-22(28-32-23)17-7-10-19(33-2)11-8-17/h3-13H,14H2,1-2H3,(H,26,31). The average molecular weight is 457 g/mol. The molecule has 2 heterocycles. The van der Waals surface area contributed by atoms with Gasteiger partial charge in [0.05, 0.1) is 17.4 Å². The predicted octanol–water partition coefficient (Wildman–Crippen LogP) is 4.49. The number of rotatable bonds is 5. The van der Waals surface area contributed by atoms with Gasteiger partial charge in [0.25, 0.3) is 11.4 Å². The van der Waals surface area contributed by atoms with Gasteiger partial charge in [-0.15, -0.1) is 11.8 Å². The van der Waals surface area contributed by atoms with Gasteiger partial charge in [-0.05, 0) is 61.2 Å². The third kappa shape index (κ3) is 4.12. The lowest BCUT2D eigenvalue weighted by Crippen LogP contribution is -2.35. The lowest BCUT2D eigenvalue weighted by molar-refractivity contribution is 0.432. The number of nitrogens with zero attached hydrogens (tertiary/aromatic N) is 3. The maximum atomic E-state index is 13.0. The van der Waals surface area contributed by atoms with Crippen LogP contribution >= 0.6 is 11.8 Å². The van der Waals surface area contributed by atoms with Crippen molar-refractivity contribution in [3.63, 3.8) is 0 Å². The fourth-order valence-corrected chi connectivity index (χ4v) is 4.01. The van der Waals surface area contributed by atoms with Crippen LogP contribution in [-0.4, -0.2) is 25.9 Å². The summed E-state index contributed by atoms with van der Waals surface area (Å²) in [6.45, 7) is 2.19. The molecule has 0 saturated heterocycles. The highest BCUT2D eigenvalue weighted by molar-refractivity contribution is 7.98. The van der Waals surface area contributed by atoms with E-state index in [1.54, 1.807) is 30.0 Å². The van der Waals surface area contributed by atoms with Crippen LogP contribution in [0.4, 0.5) is 0 Å². The lowest BCUT2D eigenvalue weighted by atomic mass is 10.1. The fourth-order valence-electron chi connectivity index (χ4n) is 3.61. The van der Waals surface area contributed by atoms with Crippen LogP contribution in [0.2, 0.25) is 0 Å². The Kier molecular flexibility index (Phi) is 5.43. The molecule has 0 fully saturated rings. The number of fused-ring (bicyclic) bond motifs is 1. The predicted molar refractivity (Wildman–Crippen MR) is 130 cm³/mol. The summed E-state index contributed by atoms with van der Waals surface area (Å²) in [4.78, 5) is 34.1. The van der Waals surface area contributed by atoms with E-state index in [0.29, 0.717) is 28.2 Å². The first kappa shape index (κ1) is 21.0. The largest absolute Gasteiger partial charge is 0.334 e. The maximum Gasteiger partial charge on any atom is 0.329 e. The second-order valence-corrected chi connectivity index (χ2v) is 8.60. The zero-order valence-corrected chi connectivity index (χ0v) is 18.8. The van der Waals surface area contributed by atoms with Crippen LogP contribution in [0.15, 0.2) is 85.7 Å². The second-order valence-electron chi connectivity index (χ2n) is 7.72. The Morgan fingerprint density at radius 1 is 0.970 bits per heavy atom. The van der Waals surface area contributed by atoms with E-state index in [2.05, 4.69) is 15.1 Å². The van der Waals surface area contributed by atoms with E-state index < -0.39 is 5.69 Å². The molecule has 2 aromatic heterocycles. The Labute approximate surface area is 193 Å². The van der Waals surface area contributed by atoms with Crippen molar-refractivity contribution in [3.8, 4) is 22.8 Å². The van der Waals surface area contributed by atoms with Crippen LogP contribution in [0, 0.1) is 6.92 Å². The van der Waals surface area contributed by atoms with Crippen LogP contribution in [0.25, 0.3) is 33.7 Å². The van der Waals surface area contributed by atoms with E-state index in [1.165, 1.54) is 4.57 Å². The molecule has 5 rings (SSSR count). The molecule has 5 aromatic rings. The molecule has 0 radical (unpaired) electrons. The van der Waals surface area contributed by atoms with Gasteiger partial charge in [0.2, 0.25) is 5.82 Å². The molecule has 0 atom stereocenters. The van der Waals surface area contributed by atoms with Crippen LogP contribution in [0.3, 0.4) is 0 Å². The first-order valence-corrected chi connectivity index (χ1v) is 11.6. The summed E-state index contributed by atoms with van der Waals surface area (Å²) in [7, 11) is 0. The summed E-state index contributed by atoms with van der Waals surface area (Å²) in [5.74, 6) is 0.783. The summed E-state index contributed by atoms with van der Waals surface area (Å²) in [5.41, 5.74) is 3.07. The molecule has 0 bridgehead atoms. The zero-order valence-electron chi connectivity index (χ0n) is 18.0. The van der Waals surface area contributed by atoms with Gasteiger partial charge in [0.15, 0.2) is 0 Å². The van der Waals surface area contributed by atoms with Crippen molar-refractivity contribution in [1.29, 1.82) is 0 Å². The number of thioether (sulfide) groups is 1. The molecule has 1 N–H and O–H groups in total. The first-order chi connectivity index (χ1) is 16.0. The van der Waals surface area contributed by atoms with Crippen molar-refractivity contribution in [2.45, 2.75) is 18.4 Å². The normalized spacial score (nSPS) is 11.2. The second kappa shape index (κ2) is 8.55. The van der Waals surface area contributed by atoms with Crippen molar-refractivity contribution in [1.82, 2.24) is 19.7 Å². The average Bonchev–Trinajstić information content (AvgIpc) is 3.33. The summed E-state index contributed by atoms with van der Waals surface area (Å²) >= 11 is 1.66. The van der Waals surface area contributed by atoms with Gasteiger partial charge in [0, 0.05) is 16.0 Å². The van der Waals surface area contributed by atoms with Crippen LogP contribution < -0.4 is 11.2 Å². The van der Waals surface area contributed by atoms with Gasteiger partial charge in [-0.25, -0.2) is 4.79 Å². The van der Waals surface area contributed by atoms with E-state index >= 15 is 0 Å². The Hall–Kier alpha value is -3.91. The molecule has 0 spiro atoms. The van der Waals surface area contributed by atoms with E-state index in [1.807, 2.05) is 61.7 Å². The van der Waals surface area contributed by atoms with Crippen molar-refractivity contribution in [2.24, 2.45) is 0 Å². The first-order valence-electron chi connectivity index (χ1n) is 10.3. The van der Waals surface area contributed by atoms with Gasteiger partial charge in [-0.1, -0.05) is 35.0 Å². The SMILES string of the molecule is CSc1ccc(-c2noc(-c3ccc4c(=O)n(Cc5ccc(C)cc5)c(=O)[nH]c4c3)n2)cc1. The highest BCUT2D eigenvalue weighted by Crippen LogP contribution is 2.25. The van der Waals surface area contributed by atoms with Crippen LogP contribution in [-0.2, 0) is 6.54 Å². The number of aromatic nitrogens is 4. The highest BCUT2D eigenvalue weighted by Gasteiger charge is 2.14. The Balaban J connectivity index is 1.49. The van der Waals surface area contributed by atoms with Crippen LogP contribution in [0.5, 0.6) is 0 Å². The van der Waals surface area contributed by atoms with Gasteiger partial charge in [-0.2, -0.15) is 4.98 Å².